The summed E-state index contributed by atoms with van der Waals surface area (Å²) in [5.74, 6) is 0.151. The maximum absolute atomic E-state index is 14.1. The van der Waals surface area contributed by atoms with Crippen LogP contribution >= 0.6 is 0 Å². The summed E-state index contributed by atoms with van der Waals surface area (Å²) >= 11 is 0. The third-order valence-electron chi connectivity index (χ3n) is 7.96. The van der Waals surface area contributed by atoms with Crippen molar-refractivity contribution in [2.24, 2.45) is 29.6 Å². The van der Waals surface area contributed by atoms with Gasteiger partial charge in [-0.05, 0) is 95.0 Å². The lowest BCUT2D eigenvalue weighted by Crippen LogP contribution is -2.40. The molecule has 1 aromatic carbocycles. The number of ether oxygens (including phenoxy) is 1. The van der Waals surface area contributed by atoms with E-state index in [4.69, 9.17) is 4.74 Å². The largest absolute Gasteiger partial charge is 0.430 e. The van der Waals surface area contributed by atoms with Crippen LogP contribution < -0.4 is 5.32 Å². The second-order valence-electron chi connectivity index (χ2n) is 10.7. The fourth-order valence-corrected chi connectivity index (χ4v) is 6.06. The Bertz CT molecular complexity index is 1000. The van der Waals surface area contributed by atoms with Gasteiger partial charge in [0.25, 0.3) is 0 Å². The van der Waals surface area contributed by atoms with Crippen LogP contribution in [0.15, 0.2) is 17.9 Å². The van der Waals surface area contributed by atoms with Gasteiger partial charge in [0.1, 0.15) is 11.5 Å². The number of esters is 1. The molecular formula is C28H35NO4. The van der Waals surface area contributed by atoms with Crippen LogP contribution in [0.25, 0.3) is 5.57 Å². The highest BCUT2D eigenvalue weighted by atomic mass is 16.5. The summed E-state index contributed by atoms with van der Waals surface area (Å²) in [6.07, 6.45) is 5.82. The molecule has 2 atom stereocenters. The molecule has 3 fully saturated rings. The lowest BCUT2D eigenvalue weighted by molar-refractivity contribution is -0.141. The zero-order chi connectivity index (χ0) is 23.3. The van der Waals surface area contributed by atoms with Crippen molar-refractivity contribution in [2.75, 3.05) is 13.1 Å². The molecule has 1 N–H and O–H groups in total. The Hall–Kier alpha value is -2.27. The van der Waals surface area contributed by atoms with E-state index in [1.807, 2.05) is 20.8 Å². The SMILES string of the molecule is Cc1cc(C)c(C2=C(OC(=O)C3CC3)CC(C(C(=O)C3CC3)C3CCNCC3)C2=O)c(C)c1. The van der Waals surface area contributed by atoms with Crippen molar-refractivity contribution in [2.45, 2.75) is 65.7 Å². The van der Waals surface area contributed by atoms with Gasteiger partial charge >= 0.3 is 5.97 Å². The van der Waals surface area contributed by atoms with Crippen molar-refractivity contribution in [3.05, 3.63) is 40.1 Å². The topological polar surface area (TPSA) is 72.5 Å². The first-order valence-corrected chi connectivity index (χ1v) is 12.7. The molecule has 0 bridgehead atoms. The molecule has 1 saturated heterocycles. The van der Waals surface area contributed by atoms with E-state index in [1.54, 1.807) is 0 Å². The number of aryl methyl sites for hydroxylation is 3. The zero-order valence-electron chi connectivity index (χ0n) is 20.0. The number of ketones is 2. The van der Waals surface area contributed by atoms with Crippen molar-refractivity contribution < 1.29 is 19.1 Å². The van der Waals surface area contributed by atoms with Crippen LogP contribution in [-0.4, -0.2) is 30.6 Å². The van der Waals surface area contributed by atoms with Crippen LogP contribution in [0.4, 0.5) is 0 Å². The molecule has 5 rings (SSSR count). The lowest BCUT2D eigenvalue weighted by Gasteiger charge is -2.33. The predicted molar refractivity (Wildman–Crippen MR) is 126 cm³/mol. The predicted octanol–water partition coefficient (Wildman–Crippen LogP) is 4.46. The molecule has 2 saturated carbocycles. The highest BCUT2D eigenvalue weighted by Gasteiger charge is 2.50. The second-order valence-corrected chi connectivity index (χ2v) is 10.7. The van der Waals surface area contributed by atoms with E-state index >= 15 is 0 Å². The number of piperidine rings is 1. The van der Waals surface area contributed by atoms with E-state index in [0.29, 0.717) is 17.8 Å². The smallest absolute Gasteiger partial charge is 0.314 e. The summed E-state index contributed by atoms with van der Waals surface area (Å²) in [7, 11) is 0. The molecule has 0 spiro atoms. The summed E-state index contributed by atoms with van der Waals surface area (Å²) in [6, 6.07) is 4.16. The first kappa shape index (κ1) is 22.5. The van der Waals surface area contributed by atoms with Crippen LogP contribution in [0.1, 0.15) is 67.2 Å². The van der Waals surface area contributed by atoms with Crippen molar-refractivity contribution in [3.8, 4) is 0 Å². The molecule has 176 valence electrons. The molecule has 2 unspecified atom stereocenters. The van der Waals surface area contributed by atoms with Gasteiger partial charge in [0.2, 0.25) is 0 Å². The monoisotopic (exact) mass is 449 g/mol. The molecule has 4 aliphatic rings. The minimum atomic E-state index is -0.418. The van der Waals surface area contributed by atoms with E-state index in [-0.39, 0.29) is 41.2 Å². The molecule has 3 aliphatic carbocycles. The van der Waals surface area contributed by atoms with Gasteiger partial charge in [-0.2, -0.15) is 0 Å². The molecule has 0 aromatic heterocycles. The Morgan fingerprint density at radius 2 is 1.55 bits per heavy atom. The first-order valence-electron chi connectivity index (χ1n) is 12.7. The highest BCUT2D eigenvalue weighted by molar-refractivity contribution is 6.26. The number of hydrogen-bond donors (Lipinski definition) is 1. The van der Waals surface area contributed by atoms with Gasteiger partial charge in [-0.25, -0.2) is 0 Å². The quantitative estimate of drug-likeness (QED) is 0.622. The van der Waals surface area contributed by atoms with Crippen LogP contribution in [0.3, 0.4) is 0 Å². The maximum Gasteiger partial charge on any atom is 0.314 e. The van der Waals surface area contributed by atoms with Gasteiger partial charge in [0.15, 0.2) is 5.78 Å². The summed E-state index contributed by atoms with van der Waals surface area (Å²) in [4.78, 5) is 40.3. The van der Waals surface area contributed by atoms with Crippen molar-refractivity contribution in [1.29, 1.82) is 0 Å². The molecule has 1 aliphatic heterocycles. The normalized spacial score (nSPS) is 24.8. The van der Waals surface area contributed by atoms with Gasteiger partial charge in [0.05, 0.1) is 11.5 Å². The lowest BCUT2D eigenvalue weighted by atomic mass is 9.71. The second kappa shape index (κ2) is 8.83. The van der Waals surface area contributed by atoms with E-state index in [1.165, 1.54) is 0 Å². The Balaban J connectivity index is 1.54. The third-order valence-corrected chi connectivity index (χ3v) is 7.96. The summed E-state index contributed by atoms with van der Waals surface area (Å²) in [5.41, 5.74) is 4.61. The van der Waals surface area contributed by atoms with E-state index in [9.17, 15) is 14.4 Å². The summed E-state index contributed by atoms with van der Waals surface area (Å²) in [6.45, 7) is 7.86. The Morgan fingerprint density at radius 3 is 2.12 bits per heavy atom. The Kier molecular flexibility index (Phi) is 6.02. The van der Waals surface area contributed by atoms with Crippen molar-refractivity contribution in [3.63, 3.8) is 0 Å². The van der Waals surface area contributed by atoms with Crippen LogP contribution in [0.2, 0.25) is 0 Å². The van der Waals surface area contributed by atoms with Gasteiger partial charge in [-0.1, -0.05) is 17.7 Å². The Labute approximate surface area is 196 Å². The van der Waals surface area contributed by atoms with Crippen molar-refractivity contribution in [1.82, 2.24) is 5.32 Å². The van der Waals surface area contributed by atoms with Gasteiger partial charge in [0, 0.05) is 24.2 Å². The first-order chi connectivity index (χ1) is 15.8. The minimum Gasteiger partial charge on any atom is -0.430 e. The summed E-state index contributed by atoms with van der Waals surface area (Å²) in [5, 5.41) is 3.39. The molecule has 0 amide bonds. The van der Waals surface area contributed by atoms with Gasteiger partial charge < -0.3 is 10.1 Å². The molecule has 0 radical (unpaired) electrons. The molecule has 1 heterocycles. The van der Waals surface area contributed by atoms with Crippen molar-refractivity contribution >= 4 is 23.1 Å². The fourth-order valence-electron chi connectivity index (χ4n) is 6.06. The van der Waals surface area contributed by atoms with E-state index < -0.39 is 5.92 Å². The van der Waals surface area contributed by atoms with Gasteiger partial charge in [-0.3, -0.25) is 14.4 Å². The van der Waals surface area contributed by atoms with Crippen LogP contribution in [-0.2, 0) is 19.1 Å². The number of rotatable bonds is 7. The number of carbonyl (C=O) groups is 3. The average Bonchev–Trinajstić information content (AvgIpc) is 3.69. The number of carbonyl (C=O) groups excluding carboxylic acids is 3. The number of benzene rings is 1. The molecule has 1 aromatic rings. The maximum atomic E-state index is 14.1. The van der Waals surface area contributed by atoms with Gasteiger partial charge in [-0.15, -0.1) is 0 Å². The molecule has 5 heteroatoms. The third kappa shape index (κ3) is 4.44. The van der Waals surface area contributed by atoms with Crippen LogP contribution in [0.5, 0.6) is 0 Å². The number of Topliss-reactive ketones (excluding diaryl/α,β-unsaturated/α-hetero) is 2. The number of allylic oxidation sites excluding steroid dienone is 2. The fraction of sp³-hybridized carbons (Fsp3) is 0.607. The molecular weight excluding hydrogens is 414 g/mol. The number of nitrogens with one attached hydrogen (secondary N) is 1. The minimum absolute atomic E-state index is 0.00110. The molecule has 33 heavy (non-hydrogen) atoms. The average molecular weight is 450 g/mol. The van der Waals surface area contributed by atoms with E-state index in [0.717, 1.165) is 73.9 Å². The summed E-state index contributed by atoms with van der Waals surface area (Å²) < 4.78 is 5.93. The number of hydrogen-bond acceptors (Lipinski definition) is 5. The van der Waals surface area contributed by atoms with E-state index in [2.05, 4.69) is 17.4 Å². The van der Waals surface area contributed by atoms with Crippen LogP contribution in [0, 0.1) is 50.4 Å². The molecule has 5 nitrogen and oxygen atoms in total. The zero-order valence-corrected chi connectivity index (χ0v) is 20.0. The Morgan fingerprint density at radius 1 is 0.939 bits per heavy atom. The standard InChI is InChI=1S/C28H35NO4/c1-15-12-16(2)23(17(3)13-15)25-22(33-28(32)20-6-7-20)14-21(27(25)31)24(26(30)19-4-5-19)18-8-10-29-11-9-18/h12-13,18-21,24,29H,4-11,14H2,1-3H3. The highest BCUT2D eigenvalue weighted by Crippen LogP contribution is 2.48.